The van der Waals surface area contributed by atoms with E-state index in [1.54, 1.807) is 12.4 Å². The number of H-pyrrole nitrogens is 1. The zero-order chi connectivity index (χ0) is 16.0. The Bertz CT molecular complexity index is 1030. The number of pyridine rings is 1. The highest BCUT2D eigenvalue weighted by Crippen LogP contribution is 2.29. The molecule has 0 saturated heterocycles. The van der Waals surface area contributed by atoms with Crippen LogP contribution in [0, 0.1) is 0 Å². The summed E-state index contributed by atoms with van der Waals surface area (Å²) < 4.78 is 1.48. The van der Waals surface area contributed by atoms with Crippen molar-refractivity contribution in [3.63, 3.8) is 0 Å². The monoisotopic (exact) mass is 307 g/mol. The van der Waals surface area contributed by atoms with E-state index < -0.39 is 5.91 Å². The highest BCUT2D eigenvalue weighted by molar-refractivity contribution is 6.08. The van der Waals surface area contributed by atoms with E-state index in [0.717, 1.165) is 27.5 Å². The summed E-state index contributed by atoms with van der Waals surface area (Å²) >= 11 is 0. The third-order valence-corrected chi connectivity index (χ3v) is 3.66. The number of aromatic nitrogens is 5. The minimum Gasteiger partial charge on any atom is -0.382 e. The molecule has 0 radical (unpaired) electrons. The van der Waals surface area contributed by atoms with Gasteiger partial charge in [0.05, 0.1) is 11.2 Å². The lowest BCUT2D eigenvalue weighted by atomic mass is 10.1. The lowest BCUT2D eigenvalue weighted by Crippen LogP contribution is -2.18. The molecule has 4 aromatic rings. The summed E-state index contributed by atoms with van der Waals surface area (Å²) in [4.78, 5) is 15.5. The molecule has 0 saturated carbocycles. The zero-order valence-electron chi connectivity index (χ0n) is 12.0. The van der Waals surface area contributed by atoms with Crippen molar-refractivity contribution in [3.05, 3.63) is 36.7 Å². The molecular formula is C15H13N7O. The van der Waals surface area contributed by atoms with Gasteiger partial charge >= 0.3 is 0 Å². The summed E-state index contributed by atoms with van der Waals surface area (Å²) in [7, 11) is 0. The number of anilines is 1. The first kappa shape index (κ1) is 13.3. The van der Waals surface area contributed by atoms with Crippen molar-refractivity contribution in [2.45, 2.75) is 6.54 Å². The van der Waals surface area contributed by atoms with Crippen molar-refractivity contribution in [2.75, 3.05) is 5.73 Å². The third kappa shape index (κ3) is 2.16. The average molecular weight is 307 g/mol. The van der Waals surface area contributed by atoms with Gasteiger partial charge in [0.1, 0.15) is 12.1 Å². The molecule has 0 aliphatic rings. The maximum atomic E-state index is 11.1. The van der Waals surface area contributed by atoms with Crippen LogP contribution in [0.3, 0.4) is 0 Å². The number of nitrogen functional groups attached to an aromatic ring is 1. The Balaban J connectivity index is 1.94. The molecule has 0 spiro atoms. The summed E-state index contributed by atoms with van der Waals surface area (Å²) in [6.45, 7) is 0.00183. The van der Waals surface area contributed by atoms with E-state index in [0.29, 0.717) is 11.3 Å². The van der Waals surface area contributed by atoms with Gasteiger partial charge in [-0.05, 0) is 12.1 Å². The average Bonchev–Trinajstić information content (AvgIpc) is 3.15. The molecule has 0 fully saturated rings. The Morgan fingerprint density at radius 1 is 1.26 bits per heavy atom. The number of amides is 1. The van der Waals surface area contributed by atoms with Crippen LogP contribution in [0.4, 0.5) is 5.82 Å². The van der Waals surface area contributed by atoms with E-state index in [1.807, 2.05) is 24.3 Å². The first-order chi connectivity index (χ1) is 11.1. The number of fused-ring (bicyclic) bond motifs is 3. The molecule has 3 heterocycles. The number of hydrogen-bond acceptors (Lipinski definition) is 5. The molecule has 8 nitrogen and oxygen atoms in total. The third-order valence-electron chi connectivity index (χ3n) is 3.66. The van der Waals surface area contributed by atoms with E-state index in [9.17, 15) is 4.79 Å². The molecule has 1 amide bonds. The second-order valence-corrected chi connectivity index (χ2v) is 5.25. The van der Waals surface area contributed by atoms with Gasteiger partial charge in [-0.1, -0.05) is 12.1 Å². The number of aromatic amines is 1. The van der Waals surface area contributed by atoms with Crippen LogP contribution in [0.15, 0.2) is 36.7 Å². The van der Waals surface area contributed by atoms with E-state index in [2.05, 4.69) is 20.3 Å². The molecule has 0 aliphatic carbocycles. The first-order valence-electron chi connectivity index (χ1n) is 6.96. The number of nitrogens with two attached hydrogens (primary N) is 2. The minimum atomic E-state index is -0.463. The lowest BCUT2D eigenvalue weighted by molar-refractivity contribution is -0.118. The predicted octanol–water partition coefficient (Wildman–Crippen LogP) is 1.04. The molecule has 3 aromatic heterocycles. The first-order valence-corrected chi connectivity index (χ1v) is 6.96. The van der Waals surface area contributed by atoms with Crippen LogP contribution >= 0.6 is 0 Å². The molecule has 0 bridgehead atoms. The number of nitrogens with one attached hydrogen (secondary N) is 1. The van der Waals surface area contributed by atoms with Gasteiger partial charge in [-0.3, -0.25) is 14.6 Å². The van der Waals surface area contributed by atoms with Crippen LogP contribution in [0.25, 0.3) is 33.1 Å². The number of carbonyl (C=O) groups excluding carboxylic acids is 1. The van der Waals surface area contributed by atoms with Crippen molar-refractivity contribution in [1.82, 2.24) is 25.0 Å². The van der Waals surface area contributed by atoms with Gasteiger partial charge in [0.15, 0.2) is 5.82 Å². The van der Waals surface area contributed by atoms with Crippen LogP contribution in [-0.4, -0.2) is 30.9 Å². The summed E-state index contributed by atoms with van der Waals surface area (Å²) in [6, 6.07) is 7.74. The Morgan fingerprint density at radius 2 is 2.13 bits per heavy atom. The summed E-state index contributed by atoms with van der Waals surface area (Å²) in [5.41, 5.74) is 14.4. The number of hydrogen-bond donors (Lipinski definition) is 3. The van der Waals surface area contributed by atoms with Gasteiger partial charge in [-0.25, -0.2) is 4.98 Å². The molecule has 4 rings (SSSR count). The van der Waals surface area contributed by atoms with Gasteiger partial charge in [-0.15, -0.1) is 0 Å². The number of nitrogens with zero attached hydrogens (tertiary/aromatic N) is 4. The van der Waals surface area contributed by atoms with Gasteiger partial charge in [0, 0.05) is 28.7 Å². The highest BCUT2D eigenvalue weighted by atomic mass is 16.1. The van der Waals surface area contributed by atoms with Crippen molar-refractivity contribution in [2.24, 2.45) is 5.73 Å². The van der Waals surface area contributed by atoms with Crippen LogP contribution in [0.2, 0.25) is 0 Å². The number of benzene rings is 1. The topological polar surface area (TPSA) is 128 Å². The Morgan fingerprint density at radius 3 is 2.87 bits per heavy atom. The largest absolute Gasteiger partial charge is 0.382 e. The standard InChI is InChI=1S/C15H13N7O/c16-13(23)7-22-6-10-9-2-1-8(11-3-4-18-20-11)5-12(9)19-15(17)14(10)21-22/h1-6H,7H2,(H2,16,23)(H2,17,19)(H,18,20). The van der Waals surface area contributed by atoms with Crippen LogP contribution in [0.5, 0.6) is 0 Å². The number of rotatable bonds is 3. The fourth-order valence-corrected chi connectivity index (χ4v) is 2.67. The molecule has 0 unspecified atom stereocenters. The fourth-order valence-electron chi connectivity index (χ4n) is 2.67. The SMILES string of the molecule is NC(=O)Cn1cc2c(n1)c(N)nc1cc(-c3ccn[nH]3)ccc12. The highest BCUT2D eigenvalue weighted by Gasteiger charge is 2.12. The summed E-state index contributed by atoms with van der Waals surface area (Å²) in [5, 5.41) is 12.9. The van der Waals surface area contributed by atoms with Crippen LogP contribution < -0.4 is 11.5 Å². The maximum Gasteiger partial charge on any atom is 0.239 e. The summed E-state index contributed by atoms with van der Waals surface area (Å²) in [5.74, 6) is -0.146. The normalized spacial score (nSPS) is 11.3. The van der Waals surface area contributed by atoms with Crippen molar-refractivity contribution >= 4 is 33.5 Å². The molecular weight excluding hydrogens is 294 g/mol. The van der Waals surface area contributed by atoms with E-state index in [1.165, 1.54) is 4.68 Å². The second kappa shape index (κ2) is 4.80. The fraction of sp³-hybridized carbons (Fsp3) is 0.0667. The van der Waals surface area contributed by atoms with Gasteiger partial charge in [0.25, 0.3) is 0 Å². The minimum absolute atomic E-state index is 0.00183. The summed E-state index contributed by atoms with van der Waals surface area (Å²) in [6.07, 6.45) is 3.45. The Labute approximate surface area is 130 Å². The van der Waals surface area contributed by atoms with Crippen LogP contribution in [-0.2, 0) is 11.3 Å². The molecule has 0 aliphatic heterocycles. The Kier molecular flexibility index (Phi) is 2.77. The maximum absolute atomic E-state index is 11.1. The van der Waals surface area contributed by atoms with E-state index >= 15 is 0 Å². The van der Waals surface area contributed by atoms with Gasteiger partial charge in [0.2, 0.25) is 5.91 Å². The predicted molar refractivity (Wildman–Crippen MR) is 86.2 cm³/mol. The van der Waals surface area contributed by atoms with Crippen molar-refractivity contribution < 1.29 is 4.79 Å². The molecule has 23 heavy (non-hydrogen) atoms. The molecule has 5 N–H and O–H groups in total. The Hall–Kier alpha value is -3.42. The quantitative estimate of drug-likeness (QED) is 0.521. The van der Waals surface area contributed by atoms with E-state index in [-0.39, 0.29) is 6.54 Å². The second-order valence-electron chi connectivity index (χ2n) is 5.25. The van der Waals surface area contributed by atoms with E-state index in [4.69, 9.17) is 11.5 Å². The van der Waals surface area contributed by atoms with Gasteiger partial charge in [-0.2, -0.15) is 10.2 Å². The zero-order valence-corrected chi connectivity index (χ0v) is 12.0. The van der Waals surface area contributed by atoms with Crippen molar-refractivity contribution in [1.29, 1.82) is 0 Å². The van der Waals surface area contributed by atoms with Crippen LogP contribution in [0.1, 0.15) is 0 Å². The molecule has 0 atom stereocenters. The van der Waals surface area contributed by atoms with Crippen molar-refractivity contribution in [3.8, 4) is 11.3 Å². The molecule has 114 valence electrons. The molecule has 8 heteroatoms. The lowest BCUT2D eigenvalue weighted by Gasteiger charge is -2.03. The smallest absolute Gasteiger partial charge is 0.239 e. The van der Waals surface area contributed by atoms with Gasteiger partial charge < -0.3 is 11.5 Å². The number of carbonyl (C=O) groups is 1. The number of primary amides is 1. The molecule has 1 aromatic carbocycles.